The Bertz CT molecular complexity index is 632. The highest BCUT2D eigenvalue weighted by Gasteiger charge is 2.31. The normalized spacial score (nSPS) is 19.9. The van der Waals surface area contributed by atoms with Crippen LogP contribution in [0.2, 0.25) is 0 Å². The first-order valence-corrected chi connectivity index (χ1v) is 7.17. The zero-order valence-corrected chi connectivity index (χ0v) is 12.5. The molecule has 0 aromatic heterocycles. The van der Waals surface area contributed by atoms with Gasteiger partial charge in [0.1, 0.15) is 5.82 Å². The molecule has 0 spiro atoms. The number of carbonyl (C=O) groups is 1. The third-order valence-corrected chi connectivity index (χ3v) is 3.70. The SMILES string of the molecule is CCC1C(C(N)=O)=CN(Cc2ccc(F)cc2)/C1=C/C=C\N. The summed E-state index contributed by atoms with van der Waals surface area (Å²) in [5, 5.41) is 0. The monoisotopic (exact) mass is 301 g/mol. The van der Waals surface area contributed by atoms with E-state index in [1.54, 1.807) is 24.4 Å². The average molecular weight is 301 g/mol. The van der Waals surface area contributed by atoms with Gasteiger partial charge in [0.05, 0.1) is 0 Å². The molecule has 1 aliphatic heterocycles. The number of primary amides is 1. The van der Waals surface area contributed by atoms with E-state index in [1.165, 1.54) is 18.3 Å². The predicted octanol–water partition coefficient (Wildman–Crippen LogP) is 2.39. The molecule has 0 radical (unpaired) electrons. The maximum atomic E-state index is 13.0. The molecule has 1 aromatic rings. The molecule has 4 nitrogen and oxygen atoms in total. The first-order valence-electron chi connectivity index (χ1n) is 7.17. The predicted molar refractivity (Wildman–Crippen MR) is 84.4 cm³/mol. The Labute approximate surface area is 129 Å². The Morgan fingerprint density at radius 3 is 2.59 bits per heavy atom. The van der Waals surface area contributed by atoms with E-state index in [-0.39, 0.29) is 11.7 Å². The molecule has 1 heterocycles. The van der Waals surface area contributed by atoms with Gasteiger partial charge in [0, 0.05) is 29.9 Å². The summed E-state index contributed by atoms with van der Waals surface area (Å²) in [6.07, 6.45) is 7.59. The van der Waals surface area contributed by atoms with Crippen molar-refractivity contribution in [1.82, 2.24) is 4.90 Å². The molecule has 116 valence electrons. The molecule has 1 amide bonds. The number of nitrogens with zero attached hydrogens (tertiary/aromatic N) is 1. The summed E-state index contributed by atoms with van der Waals surface area (Å²) in [7, 11) is 0. The van der Waals surface area contributed by atoms with Gasteiger partial charge in [0.25, 0.3) is 0 Å². The molecule has 1 aromatic carbocycles. The second-order valence-corrected chi connectivity index (χ2v) is 5.14. The Balaban J connectivity index is 2.32. The van der Waals surface area contributed by atoms with Crippen LogP contribution in [0, 0.1) is 11.7 Å². The van der Waals surface area contributed by atoms with Crippen molar-refractivity contribution in [1.29, 1.82) is 0 Å². The summed E-state index contributed by atoms with van der Waals surface area (Å²) >= 11 is 0. The summed E-state index contributed by atoms with van der Waals surface area (Å²) in [6.45, 7) is 2.54. The maximum absolute atomic E-state index is 13.0. The van der Waals surface area contributed by atoms with Crippen LogP contribution in [0.5, 0.6) is 0 Å². The Morgan fingerprint density at radius 2 is 2.05 bits per heavy atom. The van der Waals surface area contributed by atoms with Crippen molar-refractivity contribution >= 4 is 5.91 Å². The van der Waals surface area contributed by atoms with Gasteiger partial charge in [-0.15, -0.1) is 0 Å². The lowest BCUT2D eigenvalue weighted by Crippen LogP contribution is -2.19. The molecule has 22 heavy (non-hydrogen) atoms. The minimum absolute atomic E-state index is 0.0471. The van der Waals surface area contributed by atoms with Crippen molar-refractivity contribution in [2.45, 2.75) is 19.9 Å². The number of nitrogens with two attached hydrogens (primary N) is 2. The van der Waals surface area contributed by atoms with Crippen LogP contribution in [0.15, 0.2) is 60.1 Å². The smallest absolute Gasteiger partial charge is 0.246 e. The number of hydrogen-bond donors (Lipinski definition) is 2. The molecule has 0 fully saturated rings. The van der Waals surface area contributed by atoms with Crippen molar-refractivity contribution in [2.75, 3.05) is 0 Å². The van der Waals surface area contributed by atoms with Gasteiger partial charge < -0.3 is 16.4 Å². The number of hydrogen-bond acceptors (Lipinski definition) is 3. The molecule has 0 saturated heterocycles. The van der Waals surface area contributed by atoms with E-state index in [0.29, 0.717) is 12.1 Å². The van der Waals surface area contributed by atoms with Gasteiger partial charge in [-0.05, 0) is 42.5 Å². The lowest BCUT2D eigenvalue weighted by molar-refractivity contribution is -0.114. The van der Waals surface area contributed by atoms with Crippen molar-refractivity contribution in [3.63, 3.8) is 0 Å². The third-order valence-electron chi connectivity index (χ3n) is 3.70. The maximum Gasteiger partial charge on any atom is 0.246 e. The molecule has 1 atom stereocenters. The largest absolute Gasteiger partial charge is 0.405 e. The lowest BCUT2D eigenvalue weighted by atomic mass is 9.95. The van der Waals surface area contributed by atoms with Gasteiger partial charge >= 0.3 is 0 Å². The molecule has 1 aliphatic rings. The number of amides is 1. The first kappa shape index (κ1) is 15.8. The quantitative estimate of drug-likeness (QED) is 0.877. The highest BCUT2D eigenvalue weighted by molar-refractivity contribution is 5.93. The van der Waals surface area contributed by atoms with Crippen LogP contribution < -0.4 is 11.5 Å². The fraction of sp³-hybridized carbons (Fsp3) is 0.235. The Kier molecular flexibility index (Phi) is 4.99. The fourth-order valence-corrected chi connectivity index (χ4v) is 2.65. The first-order chi connectivity index (χ1) is 10.6. The molecule has 0 saturated carbocycles. The van der Waals surface area contributed by atoms with Gasteiger partial charge in [-0.2, -0.15) is 0 Å². The summed E-state index contributed by atoms with van der Waals surface area (Å²) in [5.41, 5.74) is 13.4. The fourth-order valence-electron chi connectivity index (χ4n) is 2.65. The van der Waals surface area contributed by atoms with Crippen molar-refractivity contribution < 1.29 is 9.18 Å². The summed E-state index contributed by atoms with van der Waals surface area (Å²) in [4.78, 5) is 13.6. The van der Waals surface area contributed by atoms with Crippen LogP contribution in [0.25, 0.3) is 0 Å². The standard InChI is InChI=1S/C17H20FN3O/c1-2-14-15(17(20)22)11-21(16(14)4-3-9-19)10-12-5-7-13(18)8-6-12/h3-9,11,14H,2,10,19H2,1H3,(H2,20,22)/b9-3-,16-4+. The topological polar surface area (TPSA) is 72.4 Å². The Morgan fingerprint density at radius 1 is 1.36 bits per heavy atom. The number of rotatable bonds is 5. The van der Waals surface area contributed by atoms with Gasteiger partial charge in [-0.25, -0.2) is 4.39 Å². The Hall–Kier alpha value is -2.56. The van der Waals surface area contributed by atoms with Crippen molar-refractivity contribution in [3.05, 3.63) is 71.5 Å². The highest BCUT2D eigenvalue weighted by Crippen LogP contribution is 2.35. The molecule has 5 heteroatoms. The van der Waals surface area contributed by atoms with E-state index in [4.69, 9.17) is 11.5 Å². The zero-order valence-electron chi connectivity index (χ0n) is 12.5. The minimum atomic E-state index is -0.420. The molecule has 0 bridgehead atoms. The lowest BCUT2D eigenvalue weighted by Gasteiger charge is -2.22. The van der Waals surface area contributed by atoms with Gasteiger partial charge in [-0.3, -0.25) is 4.79 Å². The number of benzene rings is 1. The second-order valence-electron chi connectivity index (χ2n) is 5.14. The van der Waals surface area contributed by atoms with Gasteiger partial charge in [0.15, 0.2) is 0 Å². The average Bonchev–Trinajstić information content (AvgIpc) is 2.85. The van der Waals surface area contributed by atoms with Crippen LogP contribution >= 0.6 is 0 Å². The van der Waals surface area contributed by atoms with Crippen LogP contribution in [0.4, 0.5) is 4.39 Å². The molecule has 2 rings (SSSR count). The molecule has 4 N–H and O–H groups in total. The van der Waals surface area contributed by atoms with E-state index in [9.17, 15) is 9.18 Å². The summed E-state index contributed by atoms with van der Waals surface area (Å²) in [6, 6.07) is 6.29. The van der Waals surface area contributed by atoms with Gasteiger partial charge in [-0.1, -0.05) is 19.1 Å². The number of carbonyl (C=O) groups excluding carboxylic acids is 1. The third kappa shape index (κ3) is 3.36. The zero-order chi connectivity index (χ0) is 16.1. The van der Waals surface area contributed by atoms with Crippen LogP contribution in [-0.2, 0) is 11.3 Å². The minimum Gasteiger partial charge on any atom is -0.405 e. The molecular formula is C17H20FN3O. The van der Waals surface area contributed by atoms with Crippen molar-refractivity contribution in [2.24, 2.45) is 17.4 Å². The highest BCUT2D eigenvalue weighted by atomic mass is 19.1. The van der Waals surface area contributed by atoms with E-state index in [0.717, 1.165) is 17.7 Å². The van der Waals surface area contributed by atoms with E-state index in [1.807, 2.05) is 17.9 Å². The van der Waals surface area contributed by atoms with E-state index >= 15 is 0 Å². The van der Waals surface area contributed by atoms with Crippen LogP contribution in [0.3, 0.4) is 0 Å². The second kappa shape index (κ2) is 6.93. The molecule has 0 aliphatic carbocycles. The number of allylic oxidation sites excluding steroid dienone is 3. The molecule has 1 unspecified atom stereocenters. The summed E-state index contributed by atoms with van der Waals surface area (Å²) in [5.74, 6) is -0.739. The summed E-state index contributed by atoms with van der Waals surface area (Å²) < 4.78 is 13.0. The molecular weight excluding hydrogens is 281 g/mol. The van der Waals surface area contributed by atoms with Crippen LogP contribution in [0.1, 0.15) is 18.9 Å². The van der Waals surface area contributed by atoms with E-state index in [2.05, 4.69) is 0 Å². The van der Waals surface area contributed by atoms with Gasteiger partial charge in [0.2, 0.25) is 5.91 Å². The van der Waals surface area contributed by atoms with Crippen LogP contribution in [-0.4, -0.2) is 10.8 Å². The number of halogens is 1. The van der Waals surface area contributed by atoms with Crippen molar-refractivity contribution in [3.8, 4) is 0 Å². The van der Waals surface area contributed by atoms with E-state index < -0.39 is 5.91 Å².